The van der Waals surface area contributed by atoms with E-state index in [9.17, 15) is 8.42 Å². The van der Waals surface area contributed by atoms with E-state index in [-0.39, 0.29) is 5.75 Å². The lowest BCUT2D eigenvalue weighted by molar-refractivity contribution is 0.148. The Bertz CT molecular complexity index is 526. The molecular weight excluding hydrogens is 296 g/mol. The van der Waals surface area contributed by atoms with Crippen LogP contribution in [0.5, 0.6) is 0 Å². The lowest BCUT2D eigenvalue weighted by atomic mass is 10.3. The highest BCUT2D eigenvalue weighted by atomic mass is 32.2. The lowest BCUT2D eigenvalue weighted by Crippen LogP contribution is -2.35. The van der Waals surface area contributed by atoms with Gasteiger partial charge in [0.1, 0.15) is 0 Å². The second-order valence-electron chi connectivity index (χ2n) is 4.60. The molecule has 1 fully saturated rings. The van der Waals surface area contributed by atoms with E-state index < -0.39 is 10.0 Å². The summed E-state index contributed by atoms with van der Waals surface area (Å²) in [5, 5.41) is 0. The van der Waals surface area contributed by atoms with Crippen molar-refractivity contribution in [3.05, 3.63) is 24.3 Å². The summed E-state index contributed by atoms with van der Waals surface area (Å²) in [7, 11) is -3.19. The van der Waals surface area contributed by atoms with Crippen molar-refractivity contribution in [2.75, 3.05) is 43.5 Å². The fourth-order valence-electron chi connectivity index (χ4n) is 2.00. The molecule has 112 valence electrons. The predicted octanol–water partition coefficient (Wildman–Crippen LogP) is 1.41. The highest BCUT2D eigenvalue weighted by Gasteiger charge is 2.22. The van der Waals surface area contributed by atoms with Gasteiger partial charge in [0.25, 0.3) is 0 Å². The van der Waals surface area contributed by atoms with Crippen molar-refractivity contribution in [1.29, 1.82) is 0 Å². The summed E-state index contributed by atoms with van der Waals surface area (Å²) in [5.41, 5.74) is 6.39. The van der Waals surface area contributed by atoms with Gasteiger partial charge in [0.15, 0.2) is 0 Å². The van der Waals surface area contributed by atoms with E-state index in [2.05, 4.69) is 0 Å². The summed E-state index contributed by atoms with van der Waals surface area (Å²) in [4.78, 5) is 0.999. The smallest absolute Gasteiger partial charge is 0.215 e. The van der Waals surface area contributed by atoms with Crippen LogP contribution in [0, 0.1) is 0 Å². The third kappa shape index (κ3) is 4.66. The van der Waals surface area contributed by atoms with Gasteiger partial charge < -0.3 is 10.5 Å². The van der Waals surface area contributed by atoms with E-state index in [1.165, 1.54) is 11.8 Å². The topological polar surface area (TPSA) is 72.6 Å². The molecule has 1 heterocycles. The summed E-state index contributed by atoms with van der Waals surface area (Å²) in [6.45, 7) is 2.15. The van der Waals surface area contributed by atoms with Crippen molar-refractivity contribution >= 4 is 27.5 Å². The number of sulfonamides is 1. The first kappa shape index (κ1) is 15.6. The first-order valence-electron chi connectivity index (χ1n) is 6.62. The van der Waals surface area contributed by atoms with Gasteiger partial charge in [-0.05, 0) is 24.6 Å². The van der Waals surface area contributed by atoms with Crippen LogP contribution in [0.25, 0.3) is 0 Å². The maximum atomic E-state index is 12.2. The standard InChI is InChI=1S/C13H20N2O3S2/c14-12-3-1-4-13(11-12)19-9-10-20(16,17)15-5-2-7-18-8-6-15/h1,3-4,11H,2,5-10,14H2. The molecule has 0 amide bonds. The van der Waals surface area contributed by atoms with Gasteiger partial charge in [-0.15, -0.1) is 11.8 Å². The first-order chi connectivity index (χ1) is 9.58. The second-order valence-corrected chi connectivity index (χ2v) is 7.86. The minimum Gasteiger partial charge on any atom is -0.399 e. The molecule has 0 radical (unpaired) electrons. The van der Waals surface area contributed by atoms with Crippen LogP contribution in [0.3, 0.4) is 0 Å². The van der Waals surface area contributed by atoms with Gasteiger partial charge in [-0.1, -0.05) is 6.07 Å². The molecule has 1 aliphatic heterocycles. The average molecular weight is 316 g/mol. The molecule has 20 heavy (non-hydrogen) atoms. The molecule has 0 atom stereocenters. The number of anilines is 1. The number of rotatable bonds is 5. The maximum absolute atomic E-state index is 12.2. The van der Waals surface area contributed by atoms with Crippen LogP contribution in [0.2, 0.25) is 0 Å². The number of ether oxygens (including phenoxy) is 1. The summed E-state index contributed by atoms with van der Waals surface area (Å²) >= 11 is 1.51. The molecule has 0 aromatic heterocycles. The predicted molar refractivity (Wildman–Crippen MR) is 82.4 cm³/mol. The van der Waals surface area contributed by atoms with Crippen LogP contribution >= 0.6 is 11.8 Å². The molecular formula is C13H20N2O3S2. The van der Waals surface area contributed by atoms with Gasteiger partial charge in [-0.2, -0.15) is 4.31 Å². The Labute approximate surface area is 124 Å². The number of thioether (sulfide) groups is 1. The van der Waals surface area contributed by atoms with Crippen LogP contribution in [0.4, 0.5) is 5.69 Å². The van der Waals surface area contributed by atoms with E-state index in [0.29, 0.717) is 37.7 Å². The van der Waals surface area contributed by atoms with Crippen molar-refractivity contribution in [3.63, 3.8) is 0 Å². The molecule has 0 aliphatic carbocycles. The number of nitrogens with two attached hydrogens (primary N) is 1. The van der Waals surface area contributed by atoms with Gasteiger partial charge in [-0.25, -0.2) is 8.42 Å². The van der Waals surface area contributed by atoms with E-state index in [1.807, 2.05) is 24.3 Å². The molecule has 7 heteroatoms. The van der Waals surface area contributed by atoms with Gasteiger partial charge >= 0.3 is 0 Å². The zero-order chi connectivity index (χ0) is 14.4. The Morgan fingerprint density at radius 3 is 2.95 bits per heavy atom. The second kappa shape index (κ2) is 7.31. The van der Waals surface area contributed by atoms with E-state index in [4.69, 9.17) is 10.5 Å². The molecule has 1 aromatic rings. The molecule has 0 bridgehead atoms. The lowest BCUT2D eigenvalue weighted by Gasteiger charge is -2.19. The Kier molecular flexibility index (Phi) is 5.71. The monoisotopic (exact) mass is 316 g/mol. The fourth-order valence-corrected chi connectivity index (χ4v) is 4.82. The van der Waals surface area contributed by atoms with Crippen LogP contribution in [-0.4, -0.2) is 50.5 Å². The third-order valence-electron chi connectivity index (χ3n) is 3.04. The van der Waals surface area contributed by atoms with E-state index in [1.54, 1.807) is 4.31 Å². The van der Waals surface area contributed by atoms with Crippen LogP contribution < -0.4 is 5.73 Å². The fraction of sp³-hybridized carbons (Fsp3) is 0.538. The summed E-state index contributed by atoms with van der Waals surface area (Å²) in [6, 6.07) is 7.49. The quantitative estimate of drug-likeness (QED) is 0.657. The summed E-state index contributed by atoms with van der Waals surface area (Å²) < 4.78 is 31.3. The molecule has 2 N–H and O–H groups in total. The van der Waals surface area contributed by atoms with Crippen molar-refractivity contribution in [1.82, 2.24) is 4.31 Å². The molecule has 1 aromatic carbocycles. The number of benzene rings is 1. The molecule has 0 spiro atoms. The minimum absolute atomic E-state index is 0.145. The molecule has 1 aliphatic rings. The third-order valence-corrected chi connectivity index (χ3v) is 6.17. The Morgan fingerprint density at radius 1 is 1.30 bits per heavy atom. The maximum Gasteiger partial charge on any atom is 0.215 e. The van der Waals surface area contributed by atoms with Crippen LogP contribution in [-0.2, 0) is 14.8 Å². The normalized spacial score (nSPS) is 17.8. The van der Waals surface area contributed by atoms with Crippen molar-refractivity contribution in [3.8, 4) is 0 Å². The van der Waals surface area contributed by atoms with Crippen molar-refractivity contribution in [2.45, 2.75) is 11.3 Å². The largest absolute Gasteiger partial charge is 0.399 e. The highest BCUT2D eigenvalue weighted by molar-refractivity contribution is 8.00. The molecule has 5 nitrogen and oxygen atoms in total. The molecule has 0 unspecified atom stereocenters. The first-order valence-corrected chi connectivity index (χ1v) is 9.21. The number of hydrogen-bond donors (Lipinski definition) is 1. The molecule has 0 saturated carbocycles. The highest BCUT2D eigenvalue weighted by Crippen LogP contribution is 2.21. The van der Waals surface area contributed by atoms with Gasteiger partial charge in [0, 0.05) is 36.0 Å². The SMILES string of the molecule is Nc1cccc(SCCS(=O)(=O)N2CCCOCC2)c1. The molecule has 2 rings (SSSR count). The number of hydrogen-bond acceptors (Lipinski definition) is 5. The van der Waals surface area contributed by atoms with Crippen LogP contribution in [0.15, 0.2) is 29.2 Å². The number of nitrogen functional groups attached to an aromatic ring is 1. The van der Waals surface area contributed by atoms with Crippen molar-refractivity contribution < 1.29 is 13.2 Å². The Balaban J connectivity index is 1.85. The van der Waals surface area contributed by atoms with E-state index in [0.717, 1.165) is 11.3 Å². The van der Waals surface area contributed by atoms with Crippen molar-refractivity contribution in [2.24, 2.45) is 0 Å². The minimum atomic E-state index is -3.19. The van der Waals surface area contributed by atoms with Gasteiger partial charge in [0.05, 0.1) is 12.4 Å². The summed E-state index contributed by atoms with van der Waals surface area (Å²) in [5.74, 6) is 0.676. The zero-order valence-corrected chi connectivity index (χ0v) is 13.0. The average Bonchev–Trinajstić information content (AvgIpc) is 2.68. The van der Waals surface area contributed by atoms with Gasteiger partial charge in [0.2, 0.25) is 10.0 Å². The van der Waals surface area contributed by atoms with E-state index >= 15 is 0 Å². The van der Waals surface area contributed by atoms with Crippen LogP contribution in [0.1, 0.15) is 6.42 Å². The Morgan fingerprint density at radius 2 is 2.15 bits per heavy atom. The van der Waals surface area contributed by atoms with Gasteiger partial charge in [-0.3, -0.25) is 0 Å². The summed E-state index contributed by atoms with van der Waals surface area (Å²) in [6.07, 6.45) is 0.765. The molecule has 1 saturated heterocycles. The number of nitrogens with zero attached hydrogens (tertiary/aromatic N) is 1. The zero-order valence-electron chi connectivity index (χ0n) is 11.3. The Hall–Kier alpha value is -0.760.